The van der Waals surface area contributed by atoms with Gasteiger partial charge < -0.3 is 10.3 Å². The first-order chi connectivity index (χ1) is 11.8. The predicted molar refractivity (Wildman–Crippen MR) is 97.4 cm³/mol. The van der Waals surface area contributed by atoms with E-state index >= 15 is 0 Å². The minimum Gasteiger partial charge on any atom is -0.342 e. The quantitative estimate of drug-likeness (QED) is 0.528. The highest BCUT2D eigenvalue weighted by Crippen LogP contribution is 2.39. The number of hydrogen-bond donors (Lipinski definition) is 2. The number of aromatic nitrogens is 2. The second-order valence-electron chi connectivity index (χ2n) is 6.09. The molecule has 25 heavy (non-hydrogen) atoms. The van der Waals surface area contributed by atoms with Gasteiger partial charge in [-0.1, -0.05) is 6.92 Å². The summed E-state index contributed by atoms with van der Waals surface area (Å²) in [7, 11) is 0. The number of carbonyl (C=O) groups excluding carboxylic acids is 1. The predicted octanol–water partition coefficient (Wildman–Crippen LogP) is 4.14. The zero-order valence-corrected chi connectivity index (χ0v) is 15.7. The van der Waals surface area contributed by atoms with E-state index in [1.54, 1.807) is 0 Å². The Morgan fingerprint density at radius 3 is 2.68 bits per heavy atom. The van der Waals surface area contributed by atoms with Crippen LogP contribution in [0.15, 0.2) is 12.1 Å². The smallest absolute Gasteiger partial charge is 0.342 e. The van der Waals surface area contributed by atoms with E-state index in [-0.39, 0.29) is 23.0 Å². The van der Waals surface area contributed by atoms with Crippen molar-refractivity contribution in [3.8, 4) is 0 Å². The molecule has 0 radical (unpaired) electrons. The first-order valence-corrected chi connectivity index (χ1v) is 9.06. The van der Waals surface area contributed by atoms with Crippen LogP contribution in [0.3, 0.4) is 0 Å². The van der Waals surface area contributed by atoms with Crippen molar-refractivity contribution >= 4 is 45.5 Å². The Balaban J connectivity index is 1.94. The molecule has 0 spiro atoms. The van der Waals surface area contributed by atoms with Crippen molar-refractivity contribution in [1.29, 1.82) is 0 Å². The van der Waals surface area contributed by atoms with Gasteiger partial charge in [-0.05, 0) is 25.0 Å². The monoisotopic (exact) mass is 466 g/mol. The van der Waals surface area contributed by atoms with Crippen LogP contribution in [0, 0.1) is 5.92 Å². The number of H-pyrrole nitrogens is 1. The zero-order chi connectivity index (χ0) is 18.2. The third kappa shape index (κ3) is 3.91. The molecule has 3 rings (SSSR count). The number of piperidine rings is 1. The van der Waals surface area contributed by atoms with Crippen LogP contribution in [-0.4, -0.2) is 32.1 Å². The zero-order valence-electron chi connectivity index (χ0n) is 13.6. The molecule has 0 saturated carbocycles. The van der Waals surface area contributed by atoms with Gasteiger partial charge in [-0.2, -0.15) is 13.2 Å². The fourth-order valence-corrected chi connectivity index (χ4v) is 3.59. The second-order valence-corrected chi connectivity index (χ2v) is 7.46. The third-order valence-electron chi connectivity index (χ3n) is 4.39. The Morgan fingerprint density at radius 2 is 2.08 bits per heavy atom. The highest BCUT2D eigenvalue weighted by Gasteiger charge is 2.38. The minimum absolute atomic E-state index is 0.149. The molecule has 2 aromatic rings. The summed E-state index contributed by atoms with van der Waals surface area (Å²) in [6.45, 7) is 3.32. The molecule has 2 N–H and O–H groups in total. The van der Waals surface area contributed by atoms with Crippen LogP contribution in [0.4, 0.5) is 18.9 Å². The van der Waals surface area contributed by atoms with Crippen LogP contribution in [-0.2, 0) is 17.4 Å². The SMILES string of the molecule is CCc1nc2c(C(F)(F)F)c(NC(=O)C3CCN(I)CC3)ccc2[nH]1. The van der Waals surface area contributed by atoms with Gasteiger partial charge in [0.25, 0.3) is 0 Å². The summed E-state index contributed by atoms with van der Waals surface area (Å²) >= 11 is 2.19. The molecule has 136 valence electrons. The molecule has 1 fully saturated rings. The van der Waals surface area contributed by atoms with Crippen molar-refractivity contribution in [2.75, 3.05) is 18.4 Å². The van der Waals surface area contributed by atoms with E-state index in [1.807, 2.05) is 6.92 Å². The van der Waals surface area contributed by atoms with Crippen molar-refractivity contribution in [1.82, 2.24) is 13.1 Å². The van der Waals surface area contributed by atoms with Gasteiger partial charge in [0.15, 0.2) is 0 Å². The number of benzene rings is 1. The molecule has 1 aliphatic heterocycles. The second kappa shape index (κ2) is 7.10. The minimum atomic E-state index is -4.60. The number of hydrogen-bond acceptors (Lipinski definition) is 3. The molecule has 0 unspecified atom stereocenters. The van der Waals surface area contributed by atoms with E-state index in [2.05, 4.69) is 41.3 Å². The highest BCUT2D eigenvalue weighted by molar-refractivity contribution is 14.1. The number of rotatable bonds is 3. The number of halogens is 4. The summed E-state index contributed by atoms with van der Waals surface area (Å²) in [6, 6.07) is 2.83. The Hall–Kier alpha value is -1.36. The summed E-state index contributed by atoms with van der Waals surface area (Å²) in [4.78, 5) is 19.4. The standard InChI is InChI=1S/C16H18F3IN4O/c1-2-12-21-11-4-3-10(13(14(11)23-12)16(17,18)19)22-15(25)9-5-7-24(20)8-6-9/h3-4,9H,2,5-8H2,1H3,(H,21,23)(H,22,25). The highest BCUT2D eigenvalue weighted by atomic mass is 127. The van der Waals surface area contributed by atoms with E-state index in [4.69, 9.17) is 0 Å². The molecular weight excluding hydrogens is 448 g/mol. The maximum absolute atomic E-state index is 13.6. The van der Waals surface area contributed by atoms with E-state index in [1.165, 1.54) is 12.1 Å². The molecule has 5 nitrogen and oxygen atoms in total. The number of imidazole rings is 1. The fraction of sp³-hybridized carbons (Fsp3) is 0.500. The van der Waals surface area contributed by atoms with Gasteiger partial charge in [0.2, 0.25) is 5.91 Å². The molecule has 1 aromatic heterocycles. The molecule has 0 bridgehead atoms. The van der Waals surface area contributed by atoms with Gasteiger partial charge in [0.1, 0.15) is 16.9 Å². The molecule has 0 aliphatic carbocycles. The molecule has 2 heterocycles. The summed E-state index contributed by atoms with van der Waals surface area (Å²) in [6.07, 6.45) is -2.82. The van der Waals surface area contributed by atoms with Gasteiger partial charge in [0, 0.05) is 48.3 Å². The molecular formula is C16H18F3IN4O. The van der Waals surface area contributed by atoms with E-state index < -0.39 is 11.7 Å². The Morgan fingerprint density at radius 1 is 1.40 bits per heavy atom. The lowest BCUT2D eigenvalue weighted by molar-refractivity contribution is -0.135. The number of aryl methyl sites for hydroxylation is 1. The topological polar surface area (TPSA) is 61.0 Å². The summed E-state index contributed by atoms with van der Waals surface area (Å²) in [5, 5.41) is 2.49. The Bertz CT molecular complexity index is 782. The molecule has 9 heteroatoms. The van der Waals surface area contributed by atoms with Crippen molar-refractivity contribution in [3.05, 3.63) is 23.5 Å². The summed E-state index contributed by atoms with van der Waals surface area (Å²) in [5.74, 6) is -0.146. The van der Waals surface area contributed by atoms with Gasteiger partial charge in [0.05, 0.1) is 11.2 Å². The van der Waals surface area contributed by atoms with Crippen LogP contribution in [0.1, 0.15) is 31.2 Å². The maximum atomic E-state index is 13.6. The first kappa shape index (κ1) is 18.4. The van der Waals surface area contributed by atoms with Crippen LogP contribution in [0.2, 0.25) is 0 Å². The summed E-state index contributed by atoms with van der Waals surface area (Å²) in [5.41, 5.74) is -0.943. The molecule has 1 amide bonds. The number of carbonyl (C=O) groups is 1. The molecule has 1 aliphatic rings. The van der Waals surface area contributed by atoms with E-state index in [0.717, 1.165) is 13.1 Å². The number of aromatic amines is 1. The molecule has 1 aromatic carbocycles. The van der Waals surface area contributed by atoms with Crippen LogP contribution < -0.4 is 5.32 Å². The normalized spacial score (nSPS) is 17.2. The van der Waals surface area contributed by atoms with Crippen molar-refractivity contribution in [2.24, 2.45) is 5.92 Å². The average molecular weight is 466 g/mol. The van der Waals surface area contributed by atoms with E-state index in [0.29, 0.717) is 30.6 Å². The Labute approximate surface area is 156 Å². The number of alkyl halides is 3. The molecule has 0 atom stereocenters. The summed E-state index contributed by atoms with van der Waals surface area (Å²) < 4.78 is 42.9. The van der Waals surface area contributed by atoms with Crippen LogP contribution >= 0.6 is 22.9 Å². The van der Waals surface area contributed by atoms with Crippen LogP contribution in [0.5, 0.6) is 0 Å². The number of nitrogens with zero attached hydrogens (tertiary/aromatic N) is 2. The van der Waals surface area contributed by atoms with Crippen molar-refractivity contribution < 1.29 is 18.0 Å². The van der Waals surface area contributed by atoms with Crippen molar-refractivity contribution in [2.45, 2.75) is 32.4 Å². The lowest BCUT2D eigenvalue weighted by Gasteiger charge is -2.27. The maximum Gasteiger partial charge on any atom is 0.420 e. The van der Waals surface area contributed by atoms with Crippen LogP contribution in [0.25, 0.3) is 11.0 Å². The van der Waals surface area contributed by atoms with Gasteiger partial charge in [-0.15, -0.1) is 0 Å². The molecule has 1 saturated heterocycles. The largest absolute Gasteiger partial charge is 0.420 e. The number of fused-ring (bicyclic) bond motifs is 1. The van der Waals surface area contributed by atoms with Gasteiger partial charge >= 0.3 is 6.18 Å². The van der Waals surface area contributed by atoms with Crippen molar-refractivity contribution in [3.63, 3.8) is 0 Å². The number of amides is 1. The fourth-order valence-electron chi connectivity index (χ4n) is 3.03. The van der Waals surface area contributed by atoms with E-state index in [9.17, 15) is 18.0 Å². The lowest BCUT2D eigenvalue weighted by atomic mass is 9.97. The van der Waals surface area contributed by atoms with Gasteiger partial charge in [-0.3, -0.25) is 4.79 Å². The van der Waals surface area contributed by atoms with Gasteiger partial charge in [-0.25, -0.2) is 8.10 Å². The lowest BCUT2D eigenvalue weighted by Crippen LogP contribution is -2.33. The average Bonchev–Trinajstić information content (AvgIpc) is 2.97. The third-order valence-corrected chi connectivity index (χ3v) is 5.36. The Kier molecular flexibility index (Phi) is 5.24. The number of nitrogens with one attached hydrogen (secondary N) is 2. The first-order valence-electron chi connectivity index (χ1n) is 8.10. The number of anilines is 1.